The molecule has 0 spiro atoms. The van der Waals surface area contributed by atoms with Gasteiger partial charge < -0.3 is 15.1 Å². The molecule has 1 aliphatic rings. The van der Waals surface area contributed by atoms with Gasteiger partial charge in [0.25, 0.3) is 0 Å². The third-order valence-corrected chi connectivity index (χ3v) is 6.09. The van der Waals surface area contributed by atoms with E-state index in [0.29, 0.717) is 13.1 Å². The highest BCUT2D eigenvalue weighted by atomic mass is 32.1. The summed E-state index contributed by atoms with van der Waals surface area (Å²) in [6.07, 6.45) is 0.994. The van der Waals surface area contributed by atoms with Crippen LogP contribution in [0.5, 0.6) is 0 Å². The lowest BCUT2D eigenvalue weighted by Gasteiger charge is -2.34. The molecule has 1 saturated heterocycles. The minimum absolute atomic E-state index is 0.0314. The quantitative estimate of drug-likeness (QED) is 0.727. The van der Waals surface area contributed by atoms with E-state index in [1.807, 2.05) is 36.1 Å². The Morgan fingerprint density at radius 1 is 1.11 bits per heavy atom. The highest BCUT2D eigenvalue weighted by molar-refractivity contribution is 7.22. The molecule has 3 aromatic rings. The van der Waals surface area contributed by atoms with Gasteiger partial charge >= 0.3 is 6.03 Å². The molecule has 0 bridgehead atoms. The largest absolute Gasteiger partial charge is 0.345 e. The first kappa shape index (κ1) is 17.8. The maximum atomic E-state index is 12.5. The van der Waals surface area contributed by atoms with Gasteiger partial charge in [-0.2, -0.15) is 0 Å². The number of aromatic nitrogens is 1. The van der Waals surface area contributed by atoms with Gasteiger partial charge in [-0.1, -0.05) is 48.1 Å². The molecule has 1 aliphatic heterocycles. The molecule has 1 aromatic heterocycles. The minimum atomic E-state index is -0.0314. The van der Waals surface area contributed by atoms with Crippen LogP contribution in [0.4, 0.5) is 15.6 Å². The van der Waals surface area contributed by atoms with E-state index < -0.39 is 0 Å². The Kier molecular flexibility index (Phi) is 4.99. The number of fused-ring (bicyclic) bond motifs is 1. The fourth-order valence-corrected chi connectivity index (χ4v) is 4.42. The molecule has 2 amide bonds. The second kappa shape index (κ2) is 7.56. The van der Waals surface area contributed by atoms with Gasteiger partial charge in [0.1, 0.15) is 0 Å². The number of hydrogen-bond donors (Lipinski definition) is 1. The highest BCUT2D eigenvalue weighted by Gasteiger charge is 2.23. The molecule has 140 valence electrons. The number of rotatable bonds is 3. The van der Waals surface area contributed by atoms with Crippen molar-refractivity contribution in [2.75, 3.05) is 36.4 Å². The standard InChI is InChI=1S/C21H24N4OS/c1-3-16-5-4-6-18-19(16)23-21(27-18)25-13-11-24(12-14-25)20(26)22-17-9-7-15(2)8-10-17/h4-10H,3,11-14H2,1-2H3,(H,22,26). The predicted molar refractivity (Wildman–Crippen MR) is 113 cm³/mol. The maximum absolute atomic E-state index is 12.5. The Labute approximate surface area is 163 Å². The number of nitrogens with one attached hydrogen (secondary N) is 1. The SMILES string of the molecule is CCc1cccc2sc(N3CCN(C(=O)Nc4ccc(C)cc4)CC3)nc12. The van der Waals surface area contributed by atoms with Crippen molar-refractivity contribution in [3.8, 4) is 0 Å². The summed E-state index contributed by atoms with van der Waals surface area (Å²) >= 11 is 1.74. The molecule has 27 heavy (non-hydrogen) atoms. The van der Waals surface area contributed by atoms with Crippen molar-refractivity contribution >= 4 is 38.4 Å². The van der Waals surface area contributed by atoms with Gasteiger partial charge in [-0.25, -0.2) is 9.78 Å². The second-order valence-electron chi connectivity index (χ2n) is 6.88. The van der Waals surface area contributed by atoms with Crippen molar-refractivity contribution in [3.05, 3.63) is 53.6 Å². The summed E-state index contributed by atoms with van der Waals surface area (Å²) in [5.74, 6) is 0. The summed E-state index contributed by atoms with van der Waals surface area (Å²) in [6, 6.07) is 14.3. The van der Waals surface area contributed by atoms with Crippen LogP contribution >= 0.6 is 11.3 Å². The number of thiazole rings is 1. The van der Waals surface area contributed by atoms with E-state index in [-0.39, 0.29) is 6.03 Å². The zero-order chi connectivity index (χ0) is 18.8. The topological polar surface area (TPSA) is 48.5 Å². The van der Waals surface area contributed by atoms with E-state index in [9.17, 15) is 4.79 Å². The zero-order valence-corrected chi connectivity index (χ0v) is 16.6. The summed E-state index contributed by atoms with van der Waals surface area (Å²) in [4.78, 5) is 21.5. The molecule has 0 atom stereocenters. The van der Waals surface area contributed by atoms with Crippen molar-refractivity contribution in [1.82, 2.24) is 9.88 Å². The smallest absolute Gasteiger partial charge is 0.321 e. The molecule has 2 aromatic carbocycles. The first-order chi connectivity index (χ1) is 13.1. The van der Waals surface area contributed by atoms with Gasteiger partial charge in [0.2, 0.25) is 0 Å². The molecule has 4 rings (SSSR count). The normalized spacial score (nSPS) is 14.6. The van der Waals surface area contributed by atoms with Crippen molar-refractivity contribution < 1.29 is 4.79 Å². The molecule has 2 heterocycles. The van der Waals surface area contributed by atoms with E-state index in [1.165, 1.54) is 15.8 Å². The van der Waals surface area contributed by atoms with Crippen LogP contribution in [0.3, 0.4) is 0 Å². The molecule has 6 heteroatoms. The van der Waals surface area contributed by atoms with Crippen LogP contribution in [-0.2, 0) is 6.42 Å². The van der Waals surface area contributed by atoms with E-state index in [0.717, 1.165) is 35.8 Å². The van der Waals surface area contributed by atoms with Crippen LogP contribution in [-0.4, -0.2) is 42.1 Å². The summed E-state index contributed by atoms with van der Waals surface area (Å²) in [6.45, 7) is 7.23. The van der Waals surface area contributed by atoms with Crippen LogP contribution in [0, 0.1) is 6.92 Å². The molecule has 0 aliphatic carbocycles. The summed E-state index contributed by atoms with van der Waals surface area (Å²) in [5.41, 5.74) is 4.45. The van der Waals surface area contributed by atoms with Crippen LogP contribution in [0.15, 0.2) is 42.5 Å². The molecule has 1 N–H and O–H groups in total. The van der Waals surface area contributed by atoms with Crippen molar-refractivity contribution in [1.29, 1.82) is 0 Å². The summed E-state index contributed by atoms with van der Waals surface area (Å²) < 4.78 is 1.24. The lowest BCUT2D eigenvalue weighted by atomic mass is 10.1. The number of amides is 2. The number of anilines is 2. The number of urea groups is 1. The van der Waals surface area contributed by atoms with Gasteiger partial charge in [-0.3, -0.25) is 0 Å². The van der Waals surface area contributed by atoms with Gasteiger partial charge in [0.15, 0.2) is 5.13 Å². The first-order valence-electron chi connectivity index (χ1n) is 9.40. The van der Waals surface area contributed by atoms with Crippen LogP contribution in [0.1, 0.15) is 18.1 Å². The van der Waals surface area contributed by atoms with Gasteiger partial charge in [0.05, 0.1) is 10.2 Å². The number of piperazine rings is 1. The Bertz CT molecular complexity index is 942. The Morgan fingerprint density at radius 3 is 2.56 bits per heavy atom. The Balaban J connectivity index is 1.40. The molecular formula is C21H24N4OS. The molecule has 5 nitrogen and oxygen atoms in total. The first-order valence-corrected chi connectivity index (χ1v) is 10.2. The Hall–Kier alpha value is -2.60. The third-order valence-electron chi connectivity index (χ3n) is 5.01. The predicted octanol–water partition coefficient (Wildman–Crippen LogP) is 4.52. The summed E-state index contributed by atoms with van der Waals surface area (Å²) in [5, 5.41) is 4.05. The fraction of sp³-hybridized carbons (Fsp3) is 0.333. The molecule has 0 saturated carbocycles. The van der Waals surface area contributed by atoms with E-state index in [1.54, 1.807) is 11.3 Å². The lowest BCUT2D eigenvalue weighted by Crippen LogP contribution is -2.50. The summed E-state index contributed by atoms with van der Waals surface area (Å²) in [7, 11) is 0. The molecule has 1 fully saturated rings. The van der Waals surface area contributed by atoms with E-state index in [4.69, 9.17) is 4.98 Å². The maximum Gasteiger partial charge on any atom is 0.321 e. The molecular weight excluding hydrogens is 356 g/mol. The average molecular weight is 381 g/mol. The van der Waals surface area contributed by atoms with Crippen molar-refractivity contribution in [2.45, 2.75) is 20.3 Å². The number of nitrogens with zero attached hydrogens (tertiary/aromatic N) is 3. The Morgan fingerprint density at radius 2 is 1.85 bits per heavy atom. The minimum Gasteiger partial charge on any atom is -0.345 e. The van der Waals surface area contributed by atoms with Gasteiger partial charge in [0, 0.05) is 31.9 Å². The lowest BCUT2D eigenvalue weighted by molar-refractivity contribution is 0.208. The van der Waals surface area contributed by atoms with Crippen LogP contribution < -0.4 is 10.2 Å². The fourth-order valence-electron chi connectivity index (χ4n) is 3.35. The number of aryl methyl sites for hydroxylation is 2. The average Bonchev–Trinajstić information content (AvgIpc) is 3.14. The number of para-hydroxylation sites is 1. The number of carbonyl (C=O) groups is 1. The van der Waals surface area contributed by atoms with Crippen LogP contribution in [0.2, 0.25) is 0 Å². The number of carbonyl (C=O) groups excluding carboxylic acids is 1. The van der Waals surface area contributed by atoms with Crippen molar-refractivity contribution in [2.24, 2.45) is 0 Å². The van der Waals surface area contributed by atoms with Crippen molar-refractivity contribution in [3.63, 3.8) is 0 Å². The monoisotopic (exact) mass is 380 g/mol. The van der Waals surface area contributed by atoms with E-state index in [2.05, 4.69) is 35.3 Å². The second-order valence-corrected chi connectivity index (χ2v) is 7.89. The van der Waals surface area contributed by atoms with Gasteiger partial charge in [-0.15, -0.1) is 0 Å². The molecule has 0 unspecified atom stereocenters. The number of hydrogen-bond acceptors (Lipinski definition) is 4. The van der Waals surface area contributed by atoms with Gasteiger partial charge in [-0.05, 0) is 37.1 Å². The van der Waals surface area contributed by atoms with E-state index >= 15 is 0 Å². The highest BCUT2D eigenvalue weighted by Crippen LogP contribution is 2.31. The third kappa shape index (κ3) is 3.76. The number of benzene rings is 2. The zero-order valence-electron chi connectivity index (χ0n) is 15.7. The molecule has 0 radical (unpaired) electrons. The van der Waals surface area contributed by atoms with Crippen LogP contribution in [0.25, 0.3) is 10.2 Å².